The molecule has 0 fully saturated rings. The van der Waals surface area contributed by atoms with E-state index in [9.17, 15) is 18.4 Å². The summed E-state index contributed by atoms with van der Waals surface area (Å²) in [6.07, 6.45) is 14.7. The van der Waals surface area contributed by atoms with Crippen LogP contribution in [-0.4, -0.2) is 49.2 Å². The number of halogens is 2. The van der Waals surface area contributed by atoms with Crippen molar-refractivity contribution in [3.8, 4) is 17.6 Å². The number of hydrogen-bond donors (Lipinski definition) is 1. The van der Waals surface area contributed by atoms with Crippen LogP contribution in [0, 0.1) is 11.8 Å². The number of ether oxygens (including phenoxy) is 1. The first kappa shape index (κ1) is 37.9. The molecule has 0 atom stereocenters. The van der Waals surface area contributed by atoms with Crippen molar-refractivity contribution < 1.29 is 27.7 Å². The molecule has 1 aliphatic carbocycles. The summed E-state index contributed by atoms with van der Waals surface area (Å²) in [5, 5.41) is 5.05. The van der Waals surface area contributed by atoms with Gasteiger partial charge in [-0.25, -0.2) is 8.78 Å². The van der Waals surface area contributed by atoms with Crippen LogP contribution in [0.2, 0.25) is 0 Å². The van der Waals surface area contributed by atoms with E-state index in [4.69, 9.17) is 4.74 Å². The van der Waals surface area contributed by atoms with Crippen molar-refractivity contribution in [2.75, 3.05) is 32.0 Å². The zero-order valence-corrected chi connectivity index (χ0v) is 31.0. The third-order valence-corrected chi connectivity index (χ3v) is 10.2. The molecular formula is C45H42F2N3O3S+. The Labute approximate surface area is 319 Å². The molecule has 3 aromatic carbocycles. The number of anilines is 1. The highest BCUT2D eigenvalue weighted by atomic mass is 32.1. The number of amides is 2. The van der Waals surface area contributed by atoms with Gasteiger partial charge >= 0.3 is 0 Å². The first-order valence-electron chi connectivity index (χ1n) is 18.0. The van der Waals surface area contributed by atoms with E-state index in [2.05, 4.69) is 76.7 Å². The van der Waals surface area contributed by atoms with E-state index in [0.29, 0.717) is 25.3 Å². The molecule has 2 aliphatic heterocycles. The molecule has 3 heterocycles. The van der Waals surface area contributed by atoms with Gasteiger partial charge in [0.2, 0.25) is 24.2 Å². The van der Waals surface area contributed by atoms with Crippen LogP contribution in [0.3, 0.4) is 0 Å². The molecule has 6 nitrogen and oxygen atoms in total. The Morgan fingerprint density at radius 2 is 1.67 bits per heavy atom. The van der Waals surface area contributed by atoms with Crippen molar-refractivity contribution in [3.63, 3.8) is 0 Å². The molecule has 4 aromatic rings. The van der Waals surface area contributed by atoms with Gasteiger partial charge in [-0.1, -0.05) is 78.9 Å². The number of rotatable bonds is 12. The Morgan fingerprint density at radius 3 is 2.46 bits per heavy atom. The Balaban J connectivity index is 0.00000160. The SMILES string of the molecule is C[N+]1=C(c2cccs2)C=CC1=CC1=CC=C(c2ccc(OCC(=O)NCCCCCC(=O)N3Cc4ccccc4C#Cc4ccccc43)cc2)C1.FCF. The molecule has 0 radical (unpaired) electrons. The van der Waals surface area contributed by atoms with Gasteiger partial charge in [-0.05, 0) is 83.3 Å². The van der Waals surface area contributed by atoms with E-state index in [1.165, 1.54) is 27.4 Å². The predicted octanol–water partition coefficient (Wildman–Crippen LogP) is 8.93. The maximum absolute atomic E-state index is 13.4. The van der Waals surface area contributed by atoms with E-state index < -0.39 is 6.93 Å². The van der Waals surface area contributed by atoms with Gasteiger partial charge in [0, 0.05) is 42.3 Å². The predicted molar refractivity (Wildman–Crippen MR) is 213 cm³/mol. The van der Waals surface area contributed by atoms with Gasteiger partial charge in [-0.2, -0.15) is 4.58 Å². The Kier molecular flexibility index (Phi) is 13.2. The molecule has 1 aromatic heterocycles. The minimum Gasteiger partial charge on any atom is -0.484 e. The Morgan fingerprint density at radius 1 is 0.907 bits per heavy atom. The minimum atomic E-state index is -1.75. The van der Waals surface area contributed by atoms with Crippen molar-refractivity contribution in [1.82, 2.24) is 5.32 Å². The van der Waals surface area contributed by atoms with E-state index in [0.717, 1.165) is 53.6 Å². The molecule has 0 spiro atoms. The van der Waals surface area contributed by atoms with Crippen molar-refractivity contribution in [1.29, 1.82) is 0 Å². The van der Waals surface area contributed by atoms with Crippen LogP contribution in [0.15, 0.2) is 132 Å². The number of unbranched alkanes of at least 4 members (excludes halogenated alkanes) is 2. The fraction of sp³-hybridized carbons (Fsp3) is 0.222. The first-order chi connectivity index (χ1) is 26.4. The summed E-state index contributed by atoms with van der Waals surface area (Å²) in [6, 6.07) is 28.0. The summed E-state index contributed by atoms with van der Waals surface area (Å²) in [7, 11) is 2.11. The van der Waals surface area contributed by atoms with Gasteiger partial charge in [-0.3, -0.25) is 9.59 Å². The van der Waals surface area contributed by atoms with Gasteiger partial charge in [0.05, 0.1) is 17.1 Å². The van der Waals surface area contributed by atoms with E-state index in [-0.39, 0.29) is 18.4 Å². The van der Waals surface area contributed by atoms with Gasteiger partial charge in [0.25, 0.3) is 5.91 Å². The summed E-state index contributed by atoms with van der Waals surface area (Å²) in [4.78, 5) is 29.0. The van der Waals surface area contributed by atoms with Crippen molar-refractivity contribution >= 4 is 40.1 Å². The highest BCUT2D eigenvalue weighted by molar-refractivity contribution is 7.12. The molecule has 0 bridgehead atoms. The van der Waals surface area contributed by atoms with Crippen LogP contribution in [-0.2, 0) is 16.1 Å². The monoisotopic (exact) mass is 742 g/mol. The molecule has 7 rings (SSSR count). The number of nitrogens with zero attached hydrogens (tertiary/aromatic N) is 2. The fourth-order valence-corrected chi connectivity index (χ4v) is 7.28. The highest BCUT2D eigenvalue weighted by Gasteiger charge is 2.23. The number of allylic oxidation sites excluding steroid dienone is 7. The largest absolute Gasteiger partial charge is 0.484 e. The summed E-state index contributed by atoms with van der Waals surface area (Å²) in [6.45, 7) is -0.742. The number of likely N-dealkylation sites (N-methyl/N-ethyl adjacent to an activating group) is 1. The Hall–Kier alpha value is -5.85. The summed E-state index contributed by atoms with van der Waals surface area (Å²) < 4.78 is 27.3. The van der Waals surface area contributed by atoms with Crippen LogP contribution in [0.5, 0.6) is 5.75 Å². The third kappa shape index (κ3) is 9.77. The first-order valence-corrected chi connectivity index (χ1v) is 18.9. The van der Waals surface area contributed by atoms with Gasteiger partial charge in [0.1, 0.15) is 12.8 Å². The van der Waals surface area contributed by atoms with E-state index >= 15 is 0 Å². The average Bonchev–Trinajstić information content (AvgIpc) is 3.96. The van der Waals surface area contributed by atoms with Crippen LogP contribution in [0.4, 0.5) is 14.5 Å². The quantitative estimate of drug-likeness (QED) is 0.0897. The van der Waals surface area contributed by atoms with E-state index in [1.807, 2.05) is 77.7 Å². The summed E-state index contributed by atoms with van der Waals surface area (Å²) >= 11 is 1.75. The topological polar surface area (TPSA) is 61.7 Å². The summed E-state index contributed by atoms with van der Waals surface area (Å²) in [5.41, 5.74) is 9.80. The number of alkyl halides is 2. The lowest BCUT2D eigenvalue weighted by atomic mass is 10.0. The maximum Gasteiger partial charge on any atom is 0.257 e. The fourth-order valence-electron chi connectivity index (χ4n) is 6.49. The standard InChI is InChI=1S/C44H39N3O3S.CH2F2/c1-46-38(22-25-41(46)42-14-9-27-51-42)29-32-16-17-36(28-32)34-20-23-39(24-21-34)50-31-43(48)45-26-8-2-3-15-44(49)47-30-37-12-5-4-10-33(37)18-19-35-11-6-7-13-40(35)47;2-1-3/h4-7,9-14,16-17,20-25,27,29H,2-3,8,15,26,28,30-31H2,1H3;1H2/p+1. The smallest absolute Gasteiger partial charge is 0.257 e. The molecule has 9 heteroatoms. The lowest BCUT2D eigenvalue weighted by Crippen LogP contribution is -2.31. The molecule has 54 heavy (non-hydrogen) atoms. The normalized spacial score (nSPS) is 14.8. The second-order valence-electron chi connectivity index (χ2n) is 12.9. The highest BCUT2D eigenvalue weighted by Crippen LogP contribution is 2.31. The number of thiophene rings is 1. The zero-order chi connectivity index (χ0) is 37.7. The Bertz CT molecular complexity index is 2190. The molecule has 3 aliphatic rings. The molecule has 2 amide bonds. The third-order valence-electron chi connectivity index (χ3n) is 9.32. The van der Waals surface area contributed by atoms with E-state index in [1.54, 1.807) is 11.3 Å². The molecule has 274 valence electrons. The second-order valence-corrected chi connectivity index (χ2v) is 13.9. The average molecular weight is 743 g/mol. The van der Waals surface area contributed by atoms with Crippen LogP contribution in [0.1, 0.15) is 59.2 Å². The lowest BCUT2D eigenvalue weighted by molar-refractivity contribution is -0.433. The second kappa shape index (κ2) is 18.8. The van der Waals surface area contributed by atoms with Gasteiger partial charge in [0.15, 0.2) is 6.61 Å². The number of hydrogen-bond acceptors (Lipinski definition) is 4. The number of nitrogens with one attached hydrogen (secondary N) is 1. The minimum absolute atomic E-state index is 0.0376. The maximum atomic E-state index is 13.4. The zero-order valence-electron chi connectivity index (χ0n) is 30.2. The van der Waals surface area contributed by atoms with Crippen LogP contribution >= 0.6 is 11.3 Å². The van der Waals surface area contributed by atoms with Crippen molar-refractivity contribution in [3.05, 3.63) is 159 Å². The number of benzene rings is 3. The molecule has 0 saturated carbocycles. The lowest BCUT2D eigenvalue weighted by Gasteiger charge is -2.26. The van der Waals surface area contributed by atoms with Crippen LogP contribution in [0.25, 0.3) is 5.57 Å². The molecular weight excluding hydrogens is 701 g/mol. The van der Waals surface area contributed by atoms with Gasteiger partial charge < -0.3 is 15.0 Å². The molecule has 1 N–H and O–H groups in total. The number of carbonyl (C=O) groups is 2. The molecule has 0 unspecified atom stereocenters. The number of para-hydroxylation sites is 1. The van der Waals surface area contributed by atoms with Gasteiger partial charge in [-0.15, -0.1) is 11.3 Å². The van der Waals surface area contributed by atoms with Crippen LogP contribution < -0.4 is 15.0 Å². The van der Waals surface area contributed by atoms with Crippen molar-refractivity contribution in [2.24, 2.45) is 0 Å². The molecule has 0 saturated heterocycles. The summed E-state index contributed by atoms with van der Waals surface area (Å²) in [5.74, 6) is 7.10. The number of fused-ring (bicyclic) bond motifs is 2. The van der Waals surface area contributed by atoms with Crippen molar-refractivity contribution in [2.45, 2.75) is 38.6 Å². The number of carbonyl (C=O) groups excluding carboxylic acids is 2.